The number of rotatable bonds is 26. The number of primary amides is 1. The van der Waals surface area contributed by atoms with Gasteiger partial charge in [-0.2, -0.15) is 5.10 Å². The number of aromatic amines is 1. The maximum atomic E-state index is 14.0. The predicted octanol–water partition coefficient (Wildman–Crippen LogP) is 5.24. The number of nitrogens with zero attached hydrogens (tertiary/aromatic N) is 7. The second-order valence-electron chi connectivity index (χ2n) is 18.3. The van der Waals surface area contributed by atoms with E-state index in [9.17, 15) is 33.6 Å². The highest BCUT2D eigenvalue weighted by molar-refractivity contribution is 6.12. The van der Waals surface area contributed by atoms with E-state index in [2.05, 4.69) is 41.7 Å². The van der Waals surface area contributed by atoms with Gasteiger partial charge in [0, 0.05) is 73.6 Å². The molecular formula is C53H62N14O8. The van der Waals surface area contributed by atoms with Crippen LogP contribution in [0.3, 0.4) is 0 Å². The highest BCUT2D eigenvalue weighted by Gasteiger charge is 2.29. The van der Waals surface area contributed by atoms with Crippen LogP contribution in [0.5, 0.6) is 0 Å². The number of unbranched alkanes of at least 4 members (excludes halogenated alkanes) is 2. The van der Waals surface area contributed by atoms with Gasteiger partial charge in [-0.3, -0.25) is 38.8 Å². The molecule has 0 fully saturated rings. The molecule has 75 heavy (non-hydrogen) atoms. The van der Waals surface area contributed by atoms with Gasteiger partial charge in [-0.1, -0.05) is 56.7 Å². The Hall–Kier alpha value is -8.95. The average Bonchev–Trinajstić information content (AvgIpc) is 4.14. The number of nitrogens with one attached hydrogen (secondary N) is 6. The Morgan fingerprint density at radius 2 is 1.59 bits per heavy atom. The summed E-state index contributed by atoms with van der Waals surface area (Å²) in [5.41, 5.74) is 11.4. The molecule has 22 nitrogen and oxygen atoms in total. The third-order valence-corrected chi connectivity index (χ3v) is 12.2. The molecule has 8 N–H and O–H groups in total. The maximum absolute atomic E-state index is 14.0. The van der Waals surface area contributed by atoms with Gasteiger partial charge in [-0.25, -0.2) is 24.1 Å². The minimum atomic E-state index is -1.06. The van der Waals surface area contributed by atoms with E-state index in [0.717, 1.165) is 21.8 Å². The molecule has 4 aromatic heterocycles. The zero-order valence-corrected chi connectivity index (χ0v) is 42.1. The van der Waals surface area contributed by atoms with Crippen molar-refractivity contribution in [1.82, 2.24) is 55.3 Å². The average molecular weight is 1020 g/mol. The SMILES string of the molecule is Cc1cccc(-c2[nH]c(CN(CCNc3ccccc3)C(=O)OCc3ccc(NC(=O)[C@H](CCCNC(N)=O)NC(=O)C(NC(=O)CCCCCN4C(=O)C=CC4=O)C(C)C)cc3)nc2-c2ccc3ncnn3c2)n1. The summed E-state index contributed by atoms with van der Waals surface area (Å²) >= 11 is 0. The summed E-state index contributed by atoms with van der Waals surface area (Å²) in [5, 5.41) is 18.5. The lowest BCUT2D eigenvalue weighted by molar-refractivity contribution is -0.137. The monoisotopic (exact) mass is 1020 g/mol. The number of pyridine rings is 2. The van der Waals surface area contributed by atoms with Gasteiger partial charge in [-0.15, -0.1) is 0 Å². The molecule has 0 saturated heterocycles. The van der Waals surface area contributed by atoms with Crippen LogP contribution in [0.4, 0.5) is 21.0 Å². The van der Waals surface area contributed by atoms with Crippen molar-refractivity contribution in [1.29, 1.82) is 0 Å². The zero-order chi connectivity index (χ0) is 53.3. The lowest BCUT2D eigenvalue weighted by Gasteiger charge is -2.25. The van der Waals surface area contributed by atoms with Crippen LogP contribution in [0.2, 0.25) is 0 Å². The Bertz CT molecular complexity index is 2970. The molecule has 7 rings (SSSR count). The normalized spacial score (nSPS) is 12.9. The predicted molar refractivity (Wildman–Crippen MR) is 279 cm³/mol. The zero-order valence-electron chi connectivity index (χ0n) is 42.1. The van der Waals surface area contributed by atoms with Crippen LogP contribution in [0.1, 0.15) is 69.5 Å². The number of imidazole rings is 1. The van der Waals surface area contributed by atoms with Gasteiger partial charge in [0.1, 0.15) is 30.8 Å². The highest BCUT2D eigenvalue weighted by Crippen LogP contribution is 2.30. The first-order valence-electron chi connectivity index (χ1n) is 24.8. The fraction of sp³-hybridized carbons (Fsp3) is 0.340. The largest absolute Gasteiger partial charge is 0.445 e. The van der Waals surface area contributed by atoms with Crippen LogP contribution >= 0.6 is 0 Å². The standard InChI is InChI=1S/C53H62N14O8/c1-34(2)47(64-44(68)17-8-5-9-28-66-45(69)24-25-46(66)70)51(72)61-41(16-11-26-56-52(54)73)50(71)60-39-21-18-36(19-22-39)32-75-53(74)65(29-27-55-38-13-6-4-7-14-38)31-42-62-48(37-20-23-43-57-33-58-67(43)30-37)49(63-42)40-15-10-12-35(3)59-40/h4,6-7,10,12-15,18-25,30,33-34,41,47,55H,5,8-9,11,16-17,26-29,31-32H2,1-3H3,(H,60,71)(H,61,72)(H,62,63)(H,64,68)(H3,54,56,73)/t41-,47?/m0/s1. The number of aryl methyl sites for hydroxylation is 1. The Balaban J connectivity index is 0.977. The molecule has 0 saturated carbocycles. The Labute approximate surface area is 433 Å². The molecule has 5 heterocycles. The molecule has 0 bridgehead atoms. The van der Waals surface area contributed by atoms with Gasteiger partial charge in [-0.05, 0) is 92.6 Å². The molecule has 0 spiro atoms. The van der Waals surface area contributed by atoms with E-state index in [1.807, 2.05) is 73.8 Å². The number of para-hydroxylation sites is 1. The number of amides is 8. The molecular weight excluding hydrogens is 961 g/mol. The van der Waals surface area contributed by atoms with Gasteiger partial charge in [0.05, 0.1) is 23.6 Å². The Morgan fingerprint density at radius 3 is 2.32 bits per heavy atom. The number of carbonyl (C=O) groups is 7. The number of benzene rings is 2. The first-order chi connectivity index (χ1) is 36.2. The highest BCUT2D eigenvalue weighted by atomic mass is 16.6. The molecule has 1 aliphatic rings. The molecule has 6 aromatic rings. The third kappa shape index (κ3) is 15.5. The van der Waals surface area contributed by atoms with Crippen LogP contribution in [0.25, 0.3) is 28.3 Å². The van der Waals surface area contributed by atoms with Crippen molar-refractivity contribution in [3.63, 3.8) is 0 Å². The van der Waals surface area contributed by atoms with Crippen molar-refractivity contribution in [2.24, 2.45) is 11.7 Å². The van der Waals surface area contributed by atoms with Gasteiger partial charge in [0.25, 0.3) is 11.8 Å². The first kappa shape index (κ1) is 53.8. The second-order valence-corrected chi connectivity index (χ2v) is 18.3. The van der Waals surface area contributed by atoms with Crippen LogP contribution in [0, 0.1) is 12.8 Å². The minimum absolute atomic E-state index is 0.0678. The first-order valence-corrected chi connectivity index (χ1v) is 24.8. The van der Waals surface area contributed by atoms with E-state index in [4.69, 9.17) is 20.4 Å². The smallest absolute Gasteiger partial charge is 0.410 e. The van der Waals surface area contributed by atoms with Crippen molar-refractivity contribution in [3.05, 3.63) is 127 Å². The number of hydrogen-bond donors (Lipinski definition) is 7. The van der Waals surface area contributed by atoms with E-state index < -0.39 is 36.0 Å². The fourth-order valence-electron chi connectivity index (χ4n) is 8.20. The quantitative estimate of drug-likeness (QED) is 0.0271. The summed E-state index contributed by atoms with van der Waals surface area (Å²) in [6, 6.07) is 23.0. The second kappa shape index (κ2) is 26.1. The van der Waals surface area contributed by atoms with Gasteiger partial charge < -0.3 is 42.0 Å². The number of fused-ring (bicyclic) bond motifs is 1. The lowest BCUT2D eigenvalue weighted by atomic mass is 10.0. The van der Waals surface area contributed by atoms with Crippen LogP contribution < -0.4 is 32.3 Å². The van der Waals surface area contributed by atoms with Crippen molar-refractivity contribution in [2.45, 2.75) is 84.5 Å². The summed E-state index contributed by atoms with van der Waals surface area (Å²) in [6.07, 6.45) is 7.28. The number of urea groups is 1. The molecule has 22 heteroatoms. The number of aromatic nitrogens is 6. The van der Waals surface area contributed by atoms with Gasteiger partial charge in [0.15, 0.2) is 5.65 Å². The minimum Gasteiger partial charge on any atom is -0.445 e. The summed E-state index contributed by atoms with van der Waals surface area (Å²) in [6.45, 7) is 6.49. The maximum Gasteiger partial charge on any atom is 0.410 e. The Kier molecular flexibility index (Phi) is 18.8. The third-order valence-electron chi connectivity index (χ3n) is 12.2. The number of imide groups is 1. The molecule has 8 amide bonds. The number of H-pyrrole nitrogens is 1. The van der Waals surface area contributed by atoms with E-state index in [-0.39, 0.29) is 69.3 Å². The van der Waals surface area contributed by atoms with Crippen molar-refractivity contribution < 1.29 is 38.3 Å². The van der Waals surface area contributed by atoms with E-state index >= 15 is 0 Å². The summed E-state index contributed by atoms with van der Waals surface area (Å²) in [7, 11) is 0. The van der Waals surface area contributed by atoms with E-state index in [0.29, 0.717) is 72.0 Å². The number of hydrogen-bond acceptors (Lipinski definition) is 13. The van der Waals surface area contributed by atoms with Gasteiger partial charge >= 0.3 is 12.1 Å². The van der Waals surface area contributed by atoms with Crippen LogP contribution in [-0.4, -0.2) is 119 Å². The molecule has 1 unspecified atom stereocenters. The summed E-state index contributed by atoms with van der Waals surface area (Å²) < 4.78 is 7.55. The number of nitrogens with two attached hydrogens (primary N) is 1. The number of ether oxygens (including phenoxy) is 1. The fourth-order valence-corrected chi connectivity index (χ4v) is 8.20. The molecule has 2 aromatic carbocycles. The van der Waals surface area contributed by atoms with Crippen LogP contribution in [0.15, 0.2) is 110 Å². The van der Waals surface area contributed by atoms with Crippen molar-refractivity contribution >= 4 is 58.7 Å². The van der Waals surface area contributed by atoms with Crippen LogP contribution in [-0.2, 0) is 41.9 Å². The number of anilines is 2. The number of carbonyl (C=O) groups excluding carboxylic acids is 7. The summed E-state index contributed by atoms with van der Waals surface area (Å²) in [4.78, 5) is 110. The van der Waals surface area contributed by atoms with E-state index in [1.54, 1.807) is 47.5 Å². The molecule has 1 aliphatic heterocycles. The van der Waals surface area contributed by atoms with Crippen molar-refractivity contribution in [2.75, 3.05) is 36.8 Å². The van der Waals surface area contributed by atoms with Crippen molar-refractivity contribution in [3.8, 4) is 22.6 Å². The topological polar surface area (TPSA) is 293 Å². The van der Waals surface area contributed by atoms with E-state index in [1.165, 1.54) is 18.5 Å². The Morgan fingerprint density at radius 1 is 0.813 bits per heavy atom. The molecule has 0 aliphatic carbocycles. The molecule has 2 atom stereocenters. The molecule has 0 radical (unpaired) electrons. The summed E-state index contributed by atoms with van der Waals surface area (Å²) in [5.74, 6) is -2.02. The lowest BCUT2D eigenvalue weighted by Crippen LogP contribution is -2.54. The molecule has 392 valence electrons. The van der Waals surface area contributed by atoms with Gasteiger partial charge in [0.2, 0.25) is 17.7 Å².